The van der Waals surface area contributed by atoms with Crippen molar-refractivity contribution < 1.29 is 17.9 Å². The van der Waals surface area contributed by atoms with E-state index in [4.69, 9.17) is 21.1 Å². The third-order valence-corrected chi connectivity index (χ3v) is 4.79. The van der Waals surface area contributed by atoms with Crippen molar-refractivity contribution in [3.8, 4) is 11.5 Å². The lowest BCUT2D eigenvalue weighted by molar-refractivity contribution is 0.312. The highest BCUT2D eigenvalue weighted by Crippen LogP contribution is 2.26. The number of hydrogen-bond acceptors (Lipinski definition) is 4. The number of rotatable bonds is 8. The van der Waals surface area contributed by atoms with Gasteiger partial charge in [-0.25, -0.2) is 8.42 Å². The van der Waals surface area contributed by atoms with Crippen LogP contribution in [0.4, 0.5) is 0 Å². The van der Waals surface area contributed by atoms with Crippen LogP contribution in [0.3, 0.4) is 0 Å². The van der Waals surface area contributed by atoms with Crippen molar-refractivity contribution in [2.45, 2.75) is 19.2 Å². The minimum Gasteiger partial charge on any atom is -0.497 e. The third kappa shape index (κ3) is 5.28. The van der Waals surface area contributed by atoms with Gasteiger partial charge in [-0.15, -0.1) is 11.6 Å². The van der Waals surface area contributed by atoms with Gasteiger partial charge in [0.1, 0.15) is 21.3 Å². The van der Waals surface area contributed by atoms with Crippen LogP contribution in [0.1, 0.15) is 18.9 Å². The molecule has 0 aromatic heterocycles. The molecule has 0 saturated heterocycles. The summed E-state index contributed by atoms with van der Waals surface area (Å²) in [6, 6.07) is 5.40. The highest BCUT2D eigenvalue weighted by atomic mass is 35.5. The molecule has 1 aromatic carbocycles. The van der Waals surface area contributed by atoms with Crippen LogP contribution < -0.4 is 9.47 Å². The Morgan fingerprint density at radius 3 is 2.63 bits per heavy atom. The Labute approximate surface area is 119 Å². The summed E-state index contributed by atoms with van der Waals surface area (Å²) in [5.41, 5.74) is 0.862. The van der Waals surface area contributed by atoms with Crippen LogP contribution in [0.25, 0.3) is 0 Å². The first-order valence-corrected chi connectivity index (χ1v) is 8.44. The zero-order valence-corrected chi connectivity index (χ0v) is 12.8. The van der Waals surface area contributed by atoms with Crippen LogP contribution in [-0.2, 0) is 15.7 Å². The second-order valence-corrected chi connectivity index (χ2v) is 6.79. The number of methoxy groups -OCH3 is 1. The zero-order valence-electron chi connectivity index (χ0n) is 11.2. The molecule has 4 nitrogen and oxygen atoms in total. The molecule has 0 radical (unpaired) electrons. The maximum absolute atomic E-state index is 11.3. The lowest BCUT2D eigenvalue weighted by Gasteiger charge is -2.11. The van der Waals surface area contributed by atoms with E-state index in [0.29, 0.717) is 30.4 Å². The smallest absolute Gasteiger partial charge is 0.150 e. The van der Waals surface area contributed by atoms with Crippen molar-refractivity contribution in [2.75, 3.05) is 25.2 Å². The number of alkyl halides is 1. The summed E-state index contributed by atoms with van der Waals surface area (Å²) >= 11 is 5.82. The molecule has 19 heavy (non-hydrogen) atoms. The Morgan fingerprint density at radius 2 is 2.05 bits per heavy atom. The first kappa shape index (κ1) is 16.1. The SMILES string of the molecule is CCS(=O)(=O)CCCOc1cc(OC)ccc1CCl. The molecule has 0 unspecified atom stereocenters. The molecule has 0 saturated carbocycles. The van der Waals surface area contributed by atoms with E-state index in [-0.39, 0.29) is 11.5 Å². The van der Waals surface area contributed by atoms with Crippen LogP contribution in [0.15, 0.2) is 18.2 Å². The summed E-state index contributed by atoms with van der Waals surface area (Å²) in [6.07, 6.45) is 0.467. The van der Waals surface area contributed by atoms with Crippen LogP contribution in [0.2, 0.25) is 0 Å². The normalized spacial score (nSPS) is 11.3. The molecule has 1 aromatic rings. The van der Waals surface area contributed by atoms with Gasteiger partial charge in [-0.3, -0.25) is 0 Å². The highest BCUT2D eigenvalue weighted by molar-refractivity contribution is 7.91. The molecule has 0 bridgehead atoms. The summed E-state index contributed by atoms with van der Waals surface area (Å²) in [6.45, 7) is 1.99. The Kier molecular flexibility index (Phi) is 6.45. The van der Waals surface area contributed by atoms with Crippen LogP contribution >= 0.6 is 11.6 Å². The van der Waals surface area contributed by atoms with Gasteiger partial charge in [0.25, 0.3) is 0 Å². The van der Waals surface area contributed by atoms with E-state index in [1.54, 1.807) is 20.1 Å². The first-order chi connectivity index (χ1) is 9.02. The van der Waals surface area contributed by atoms with Crippen molar-refractivity contribution in [2.24, 2.45) is 0 Å². The summed E-state index contributed by atoms with van der Waals surface area (Å²) in [4.78, 5) is 0. The van der Waals surface area contributed by atoms with Crippen molar-refractivity contribution in [1.29, 1.82) is 0 Å². The molecule has 0 heterocycles. The van der Waals surface area contributed by atoms with E-state index in [1.807, 2.05) is 12.1 Å². The maximum atomic E-state index is 11.3. The van der Waals surface area contributed by atoms with Gasteiger partial charge in [0.2, 0.25) is 0 Å². The maximum Gasteiger partial charge on any atom is 0.150 e. The van der Waals surface area contributed by atoms with Crippen molar-refractivity contribution >= 4 is 21.4 Å². The second-order valence-electron chi connectivity index (χ2n) is 4.05. The average molecular weight is 307 g/mol. The predicted molar refractivity (Wildman–Crippen MR) is 77.0 cm³/mol. The molecule has 108 valence electrons. The molecule has 0 amide bonds. The molecule has 1 rings (SSSR count). The van der Waals surface area contributed by atoms with E-state index in [9.17, 15) is 8.42 Å². The van der Waals surface area contributed by atoms with E-state index in [0.717, 1.165) is 5.56 Å². The number of sulfone groups is 1. The fourth-order valence-electron chi connectivity index (χ4n) is 1.51. The zero-order chi connectivity index (χ0) is 14.3. The number of benzene rings is 1. The molecule has 0 spiro atoms. The quantitative estimate of drug-likeness (QED) is 0.547. The van der Waals surface area contributed by atoms with E-state index < -0.39 is 9.84 Å². The van der Waals surface area contributed by atoms with E-state index in [1.165, 1.54) is 0 Å². The van der Waals surface area contributed by atoms with Crippen LogP contribution in [-0.4, -0.2) is 33.6 Å². The molecule has 0 N–H and O–H groups in total. The fourth-order valence-corrected chi connectivity index (χ4v) is 2.58. The van der Waals surface area contributed by atoms with E-state index in [2.05, 4.69) is 0 Å². The summed E-state index contributed by atoms with van der Waals surface area (Å²) in [7, 11) is -1.36. The average Bonchev–Trinajstić information content (AvgIpc) is 2.43. The van der Waals surface area contributed by atoms with Gasteiger partial charge >= 0.3 is 0 Å². The Balaban J connectivity index is 2.57. The first-order valence-electron chi connectivity index (χ1n) is 6.08. The van der Waals surface area contributed by atoms with Gasteiger partial charge in [0.15, 0.2) is 0 Å². The monoisotopic (exact) mass is 306 g/mol. The summed E-state index contributed by atoms with van der Waals surface area (Å²) < 4.78 is 33.4. The summed E-state index contributed by atoms with van der Waals surface area (Å²) in [5.74, 6) is 1.98. The Hall–Kier alpha value is -0.940. The predicted octanol–water partition coefficient (Wildman–Crippen LogP) is 2.64. The van der Waals surface area contributed by atoms with Gasteiger partial charge in [-0.2, -0.15) is 0 Å². The molecular formula is C13H19ClO4S. The third-order valence-electron chi connectivity index (χ3n) is 2.72. The van der Waals surface area contributed by atoms with Crippen LogP contribution in [0.5, 0.6) is 11.5 Å². The topological polar surface area (TPSA) is 52.6 Å². The minimum atomic E-state index is -2.93. The highest BCUT2D eigenvalue weighted by Gasteiger charge is 2.08. The molecule has 0 fully saturated rings. The second kappa shape index (κ2) is 7.60. The number of hydrogen-bond donors (Lipinski definition) is 0. The van der Waals surface area contributed by atoms with Crippen molar-refractivity contribution in [1.82, 2.24) is 0 Å². The fraction of sp³-hybridized carbons (Fsp3) is 0.538. The van der Waals surface area contributed by atoms with Gasteiger partial charge in [0, 0.05) is 17.4 Å². The van der Waals surface area contributed by atoms with Crippen LogP contribution in [0, 0.1) is 0 Å². The standard InChI is InChI=1S/C13H19ClO4S/c1-3-19(15,16)8-4-7-18-13-9-12(17-2)6-5-11(13)10-14/h5-6,9H,3-4,7-8,10H2,1-2H3. The molecular weight excluding hydrogens is 288 g/mol. The molecule has 0 aliphatic carbocycles. The lowest BCUT2D eigenvalue weighted by atomic mass is 10.2. The number of ether oxygens (including phenoxy) is 2. The largest absolute Gasteiger partial charge is 0.497 e. The van der Waals surface area contributed by atoms with Gasteiger partial charge in [-0.1, -0.05) is 13.0 Å². The van der Waals surface area contributed by atoms with Gasteiger partial charge in [-0.05, 0) is 12.5 Å². The minimum absolute atomic E-state index is 0.143. The lowest BCUT2D eigenvalue weighted by Crippen LogP contribution is -2.12. The van der Waals surface area contributed by atoms with E-state index >= 15 is 0 Å². The van der Waals surface area contributed by atoms with Crippen molar-refractivity contribution in [3.63, 3.8) is 0 Å². The molecule has 0 aliphatic rings. The summed E-state index contributed by atoms with van der Waals surface area (Å²) in [5, 5.41) is 0. The molecule has 0 atom stereocenters. The Morgan fingerprint density at radius 1 is 1.32 bits per heavy atom. The molecule has 0 aliphatic heterocycles. The molecule has 6 heteroatoms. The van der Waals surface area contributed by atoms with Gasteiger partial charge < -0.3 is 9.47 Å². The Bertz CT molecular complexity index is 499. The number of halogens is 1. The van der Waals surface area contributed by atoms with Gasteiger partial charge in [0.05, 0.1) is 25.3 Å². The van der Waals surface area contributed by atoms with Crippen molar-refractivity contribution in [3.05, 3.63) is 23.8 Å².